The first-order chi connectivity index (χ1) is 14.0. The molecule has 0 saturated heterocycles. The number of carbonyl (C=O) groups excluding carboxylic acids is 2. The van der Waals surface area contributed by atoms with Crippen LogP contribution in [0.1, 0.15) is 43.8 Å². The quantitative estimate of drug-likeness (QED) is 0.313. The normalized spacial score (nSPS) is 10.4. The fourth-order valence-electron chi connectivity index (χ4n) is 3.16. The summed E-state index contributed by atoms with van der Waals surface area (Å²) in [6.45, 7) is 4.16. The third-order valence-electron chi connectivity index (χ3n) is 4.46. The van der Waals surface area contributed by atoms with Crippen LogP contribution in [0.4, 0.5) is 0 Å². The summed E-state index contributed by atoms with van der Waals surface area (Å²) >= 11 is 0. The average Bonchev–Trinajstić information content (AvgIpc) is 2.71. The van der Waals surface area contributed by atoms with Crippen molar-refractivity contribution in [3.05, 3.63) is 101 Å². The van der Waals surface area contributed by atoms with Gasteiger partial charge in [0.15, 0.2) is 0 Å². The highest BCUT2D eigenvalue weighted by Crippen LogP contribution is 2.19. The molecule has 29 heavy (non-hydrogen) atoms. The van der Waals surface area contributed by atoms with Gasteiger partial charge in [0.05, 0.1) is 17.7 Å². The lowest BCUT2D eigenvalue weighted by atomic mass is 10.1. The largest absolute Gasteiger partial charge is 0.462 e. The van der Waals surface area contributed by atoms with Gasteiger partial charge in [-0.15, -0.1) is 0 Å². The fraction of sp³-hybridized carbons (Fsp3) is 0.200. The summed E-state index contributed by atoms with van der Waals surface area (Å²) in [6.07, 6.45) is 1.54. The van der Waals surface area contributed by atoms with Gasteiger partial charge in [-0.25, -0.2) is 9.59 Å². The third-order valence-corrected chi connectivity index (χ3v) is 4.46. The monoisotopic (exact) mass is 388 g/mol. The van der Waals surface area contributed by atoms with Crippen molar-refractivity contribution in [3.63, 3.8) is 0 Å². The lowest BCUT2D eigenvalue weighted by Crippen LogP contribution is -2.16. The van der Waals surface area contributed by atoms with Gasteiger partial charge in [0.1, 0.15) is 5.75 Å². The van der Waals surface area contributed by atoms with Crippen molar-refractivity contribution in [2.75, 3.05) is 6.61 Å². The molecule has 0 unspecified atom stereocenters. The maximum Gasteiger partial charge on any atom is 0.344 e. The molecule has 0 N–H and O–H groups in total. The lowest BCUT2D eigenvalue weighted by molar-refractivity contribution is 0.0492. The third kappa shape index (κ3) is 5.79. The van der Waals surface area contributed by atoms with Crippen molar-refractivity contribution in [2.24, 2.45) is 0 Å². The Labute approximate surface area is 171 Å². The molecule has 0 aliphatic rings. The Bertz CT molecular complexity index is 972. The molecule has 3 aromatic carbocycles. The molecule has 0 aliphatic carbocycles. The lowest BCUT2D eigenvalue weighted by Gasteiger charge is -2.10. The van der Waals surface area contributed by atoms with E-state index in [1.165, 1.54) is 5.56 Å². The molecule has 148 valence electrons. The van der Waals surface area contributed by atoms with E-state index in [-0.39, 0.29) is 17.7 Å². The first kappa shape index (κ1) is 20.3. The average molecular weight is 388 g/mol. The first-order valence-corrected chi connectivity index (χ1v) is 9.63. The van der Waals surface area contributed by atoms with Crippen molar-refractivity contribution < 1.29 is 19.1 Å². The summed E-state index contributed by atoms with van der Waals surface area (Å²) in [6, 6.07) is 22.2. The maximum atomic E-state index is 12.6. The minimum Gasteiger partial charge on any atom is -0.462 e. The van der Waals surface area contributed by atoms with Crippen molar-refractivity contribution in [1.82, 2.24) is 0 Å². The standard InChI is InChI=1S/C25H24O4/c1-18-15-19(2)17-21(16-18)29-25(27)23-13-7-6-12-22(23)24(26)28-14-8-11-20-9-4-3-5-10-20/h3-7,9-10,12-13,15-17H,8,11,14H2,1-2H3. The van der Waals surface area contributed by atoms with Gasteiger partial charge in [-0.05, 0) is 67.6 Å². The molecular weight excluding hydrogens is 364 g/mol. The number of hydrogen-bond donors (Lipinski definition) is 0. The summed E-state index contributed by atoms with van der Waals surface area (Å²) in [5, 5.41) is 0. The zero-order valence-electron chi connectivity index (χ0n) is 16.7. The summed E-state index contributed by atoms with van der Waals surface area (Å²) in [5.74, 6) is -0.642. The Morgan fingerprint density at radius 3 is 2.00 bits per heavy atom. The van der Waals surface area contributed by atoms with Crippen LogP contribution in [0.15, 0.2) is 72.8 Å². The van der Waals surface area contributed by atoms with E-state index in [9.17, 15) is 9.59 Å². The van der Waals surface area contributed by atoms with Gasteiger partial charge in [0.25, 0.3) is 0 Å². The van der Waals surface area contributed by atoms with Crippen LogP contribution >= 0.6 is 0 Å². The zero-order valence-corrected chi connectivity index (χ0v) is 16.7. The van der Waals surface area contributed by atoms with Crippen LogP contribution in [-0.2, 0) is 11.2 Å². The minimum atomic E-state index is -0.577. The Hall–Kier alpha value is -3.40. The zero-order chi connectivity index (χ0) is 20.6. The van der Waals surface area contributed by atoms with Crippen LogP contribution in [0, 0.1) is 13.8 Å². The van der Waals surface area contributed by atoms with Crippen molar-refractivity contribution in [2.45, 2.75) is 26.7 Å². The van der Waals surface area contributed by atoms with E-state index in [0.717, 1.165) is 17.5 Å². The van der Waals surface area contributed by atoms with E-state index in [1.807, 2.05) is 50.2 Å². The second kappa shape index (κ2) is 9.69. The summed E-state index contributed by atoms with van der Waals surface area (Å²) < 4.78 is 10.9. The topological polar surface area (TPSA) is 52.6 Å². The van der Waals surface area contributed by atoms with Gasteiger partial charge < -0.3 is 9.47 Å². The minimum absolute atomic E-state index is 0.194. The molecule has 0 spiro atoms. The highest BCUT2D eigenvalue weighted by atomic mass is 16.5. The number of ether oxygens (including phenoxy) is 2. The first-order valence-electron chi connectivity index (χ1n) is 9.63. The van der Waals surface area contributed by atoms with Crippen LogP contribution in [0.5, 0.6) is 5.75 Å². The maximum absolute atomic E-state index is 12.6. The highest BCUT2D eigenvalue weighted by molar-refractivity contribution is 6.03. The molecule has 0 atom stereocenters. The Kier molecular flexibility index (Phi) is 6.80. The summed E-state index contributed by atoms with van der Waals surface area (Å²) in [7, 11) is 0. The van der Waals surface area contributed by atoms with E-state index in [1.54, 1.807) is 36.4 Å². The number of carbonyl (C=O) groups is 2. The number of hydrogen-bond acceptors (Lipinski definition) is 4. The van der Waals surface area contributed by atoms with Crippen LogP contribution < -0.4 is 4.74 Å². The molecule has 0 radical (unpaired) electrons. The summed E-state index contributed by atoms with van der Waals surface area (Å²) in [5.41, 5.74) is 3.60. The SMILES string of the molecule is Cc1cc(C)cc(OC(=O)c2ccccc2C(=O)OCCCc2ccccc2)c1. The van der Waals surface area contributed by atoms with Crippen molar-refractivity contribution >= 4 is 11.9 Å². The van der Waals surface area contributed by atoms with E-state index in [2.05, 4.69) is 0 Å². The Balaban J connectivity index is 1.62. The number of esters is 2. The molecule has 0 heterocycles. The fourth-order valence-corrected chi connectivity index (χ4v) is 3.16. The van der Waals surface area contributed by atoms with E-state index in [0.29, 0.717) is 12.2 Å². The number of benzene rings is 3. The predicted octanol–water partition coefficient (Wildman–Crippen LogP) is 5.31. The Morgan fingerprint density at radius 1 is 0.759 bits per heavy atom. The molecule has 0 fully saturated rings. The van der Waals surface area contributed by atoms with E-state index < -0.39 is 11.9 Å². The smallest absolute Gasteiger partial charge is 0.344 e. The molecule has 3 aromatic rings. The van der Waals surface area contributed by atoms with Crippen molar-refractivity contribution in [1.29, 1.82) is 0 Å². The van der Waals surface area contributed by atoms with Gasteiger partial charge in [-0.1, -0.05) is 48.5 Å². The molecule has 0 aromatic heterocycles. The summed E-state index contributed by atoms with van der Waals surface area (Å²) in [4.78, 5) is 25.2. The molecule has 4 nitrogen and oxygen atoms in total. The molecule has 0 saturated carbocycles. The van der Waals surface area contributed by atoms with Crippen LogP contribution in [0.3, 0.4) is 0 Å². The predicted molar refractivity (Wildman–Crippen MR) is 112 cm³/mol. The van der Waals surface area contributed by atoms with Gasteiger partial charge in [-0.3, -0.25) is 0 Å². The molecule has 4 heteroatoms. The molecule has 0 bridgehead atoms. The van der Waals surface area contributed by atoms with Crippen LogP contribution in [0.25, 0.3) is 0 Å². The van der Waals surface area contributed by atoms with Gasteiger partial charge in [0.2, 0.25) is 0 Å². The van der Waals surface area contributed by atoms with Crippen molar-refractivity contribution in [3.8, 4) is 5.75 Å². The molecular formula is C25H24O4. The van der Waals surface area contributed by atoms with Gasteiger partial charge in [-0.2, -0.15) is 0 Å². The van der Waals surface area contributed by atoms with E-state index >= 15 is 0 Å². The molecule has 0 amide bonds. The molecule has 0 aliphatic heterocycles. The van der Waals surface area contributed by atoms with Gasteiger partial charge >= 0.3 is 11.9 Å². The van der Waals surface area contributed by atoms with Crippen LogP contribution in [0.2, 0.25) is 0 Å². The van der Waals surface area contributed by atoms with E-state index in [4.69, 9.17) is 9.47 Å². The Morgan fingerprint density at radius 2 is 1.34 bits per heavy atom. The van der Waals surface area contributed by atoms with Crippen LogP contribution in [-0.4, -0.2) is 18.5 Å². The molecule has 3 rings (SSSR count). The second-order valence-corrected chi connectivity index (χ2v) is 6.98. The van der Waals surface area contributed by atoms with Gasteiger partial charge in [0, 0.05) is 0 Å². The highest BCUT2D eigenvalue weighted by Gasteiger charge is 2.19. The number of rotatable bonds is 7. The number of aryl methyl sites for hydroxylation is 3. The second-order valence-electron chi connectivity index (χ2n) is 6.98.